The van der Waals surface area contributed by atoms with Gasteiger partial charge >= 0.3 is 0 Å². The van der Waals surface area contributed by atoms with E-state index < -0.39 is 0 Å². The Morgan fingerprint density at radius 2 is 1.80 bits per heavy atom. The lowest BCUT2D eigenvalue weighted by Crippen LogP contribution is -2.15. The Kier molecular flexibility index (Phi) is 4.51. The summed E-state index contributed by atoms with van der Waals surface area (Å²) in [5.41, 5.74) is 1.54. The van der Waals surface area contributed by atoms with Crippen molar-refractivity contribution in [3.05, 3.63) is 11.4 Å². The average Bonchev–Trinajstić information content (AvgIpc) is 2.99. The van der Waals surface area contributed by atoms with Gasteiger partial charge in [-0.05, 0) is 31.6 Å². The molecule has 1 heterocycles. The van der Waals surface area contributed by atoms with E-state index in [1.807, 2.05) is 0 Å². The average molecular weight is 276 g/mol. The van der Waals surface area contributed by atoms with E-state index >= 15 is 0 Å². The van der Waals surface area contributed by atoms with Crippen molar-refractivity contribution in [2.24, 2.45) is 5.41 Å². The van der Waals surface area contributed by atoms with Crippen LogP contribution in [0.1, 0.15) is 58.3 Å². The molecule has 0 spiro atoms. The van der Waals surface area contributed by atoms with Crippen LogP contribution in [-0.4, -0.2) is 22.6 Å². The van der Waals surface area contributed by atoms with Crippen molar-refractivity contribution in [2.45, 2.75) is 66.3 Å². The van der Waals surface area contributed by atoms with E-state index in [-0.39, 0.29) is 0 Å². The largest absolute Gasteiger partial charge is 0.370 e. The van der Waals surface area contributed by atoms with Gasteiger partial charge < -0.3 is 10.6 Å². The van der Waals surface area contributed by atoms with Crippen molar-refractivity contribution in [3.63, 3.8) is 0 Å². The van der Waals surface area contributed by atoms with Crippen LogP contribution in [-0.2, 0) is 6.42 Å². The maximum Gasteiger partial charge on any atom is 0.135 e. The molecule has 112 valence electrons. The van der Waals surface area contributed by atoms with Gasteiger partial charge in [0.15, 0.2) is 0 Å². The third-order valence-corrected chi connectivity index (χ3v) is 4.03. The molecule has 0 radical (unpaired) electrons. The number of hydrogen-bond donors (Lipinski definition) is 2. The first kappa shape index (κ1) is 15.1. The highest BCUT2D eigenvalue weighted by Crippen LogP contribution is 2.46. The van der Waals surface area contributed by atoms with Crippen LogP contribution in [0, 0.1) is 12.3 Å². The van der Waals surface area contributed by atoms with Crippen LogP contribution >= 0.6 is 0 Å². The zero-order valence-corrected chi connectivity index (χ0v) is 13.5. The molecule has 1 aliphatic carbocycles. The zero-order chi connectivity index (χ0) is 14.8. The van der Waals surface area contributed by atoms with Gasteiger partial charge in [-0.3, -0.25) is 0 Å². The summed E-state index contributed by atoms with van der Waals surface area (Å²) in [6.45, 7) is 12.0. The van der Waals surface area contributed by atoms with Crippen LogP contribution in [0.2, 0.25) is 0 Å². The lowest BCUT2D eigenvalue weighted by atomic mass is 10.2. The van der Waals surface area contributed by atoms with Crippen molar-refractivity contribution < 1.29 is 0 Å². The first-order valence-corrected chi connectivity index (χ1v) is 7.85. The Balaban J connectivity index is 2.21. The number of aryl methyl sites for hydroxylation is 1. The number of rotatable bonds is 7. The minimum absolute atomic E-state index is 0.402. The van der Waals surface area contributed by atoms with Gasteiger partial charge in [0, 0.05) is 24.6 Å². The summed E-state index contributed by atoms with van der Waals surface area (Å²) >= 11 is 0. The second kappa shape index (κ2) is 5.98. The Hall–Kier alpha value is -1.32. The summed E-state index contributed by atoms with van der Waals surface area (Å²) in [5, 5.41) is 7.02. The van der Waals surface area contributed by atoms with Crippen LogP contribution < -0.4 is 10.6 Å². The van der Waals surface area contributed by atoms with E-state index in [2.05, 4.69) is 50.2 Å². The molecule has 0 bridgehead atoms. The van der Waals surface area contributed by atoms with Crippen LogP contribution in [0.4, 0.5) is 11.6 Å². The molecule has 1 atom stereocenters. The van der Waals surface area contributed by atoms with Crippen molar-refractivity contribution in [1.82, 2.24) is 9.97 Å². The van der Waals surface area contributed by atoms with Gasteiger partial charge in [0.2, 0.25) is 0 Å². The number of aromatic nitrogens is 2. The van der Waals surface area contributed by atoms with Gasteiger partial charge in [-0.25, -0.2) is 9.97 Å². The molecular formula is C16H28N4. The van der Waals surface area contributed by atoms with Gasteiger partial charge in [0.1, 0.15) is 17.5 Å². The van der Waals surface area contributed by atoms with Gasteiger partial charge in [-0.1, -0.05) is 27.7 Å². The van der Waals surface area contributed by atoms with E-state index in [4.69, 9.17) is 4.98 Å². The molecule has 20 heavy (non-hydrogen) atoms. The van der Waals surface area contributed by atoms with Crippen molar-refractivity contribution >= 4 is 11.6 Å². The van der Waals surface area contributed by atoms with E-state index in [1.54, 1.807) is 0 Å². The Labute approximate surface area is 122 Å². The smallest absolute Gasteiger partial charge is 0.135 e. The summed E-state index contributed by atoms with van der Waals surface area (Å²) in [6, 6.07) is 0.546. The zero-order valence-electron chi connectivity index (χ0n) is 13.5. The molecule has 0 aliphatic heterocycles. The summed E-state index contributed by atoms with van der Waals surface area (Å²) < 4.78 is 0. The topological polar surface area (TPSA) is 49.8 Å². The van der Waals surface area contributed by atoms with Crippen LogP contribution in [0.15, 0.2) is 0 Å². The first-order chi connectivity index (χ1) is 9.47. The normalized spacial score (nSPS) is 19.8. The number of nitrogens with zero attached hydrogens (tertiary/aromatic N) is 2. The van der Waals surface area contributed by atoms with Gasteiger partial charge in [0.25, 0.3) is 0 Å². The molecule has 2 rings (SSSR count). The van der Waals surface area contributed by atoms with Gasteiger partial charge in [-0.15, -0.1) is 0 Å². The molecule has 1 aromatic heterocycles. The third-order valence-electron chi connectivity index (χ3n) is 4.03. The highest BCUT2D eigenvalue weighted by atomic mass is 15.1. The molecule has 1 unspecified atom stereocenters. The number of nitrogens with one attached hydrogen (secondary N) is 2. The minimum atomic E-state index is 0.402. The molecule has 4 nitrogen and oxygen atoms in total. The molecule has 0 saturated heterocycles. The lowest BCUT2D eigenvalue weighted by Gasteiger charge is -2.15. The van der Waals surface area contributed by atoms with Gasteiger partial charge in [-0.2, -0.15) is 0 Å². The van der Waals surface area contributed by atoms with Crippen molar-refractivity contribution in [2.75, 3.05) is 17.2 Å². The summed E-state index contributed by atoms with van der Waals surface area (Å²) in [5.74, 6) is 2.95. The fourth-order valence-corrected chi connectivity index (χ4v) is 2.33. The maximum absolute atomic E-state index is 4.71. The van der Waals surface area contributed by atoms with Crippen LogP contribution in [0.5, 0.6) is 0 Å². The second-order valence-corrected chi connectivity index (χ2v) is 6.53. The van der Waals surface area contributed by atoms with Crippen LogP contribution in [0.25, 0.3) is 0 Å². The van der Waals surface area contributed by atoms with Crippen molar-refractivity contribution in [1.29, 1.82) is 0 Å². The monoisotopic (exact) mass is 276 g/mol. The lowest BCUT2D eigenvalue weighted by molar-refractivity contribution is 0.629. The molecule has 1 saturated carbocycles. The minimum Gasteiger partial charge on any atom is -0.370 e. The second-order valence-electron chi connectivity index (χ2n) is 6.53. The first-order valence-electron chi connectivity index (χ1n) is 7.85. The molecule has 1 aliphatic rings. The molecule has 0 aromatic carbocycles. The molecule has 1 fully saturated rings. The van der Waals surface area contributed by atoms with Gasteiger partial charge in [0.05, 0.1) is 0 Å². The quantitative estimate of drug-likeness (QED) is 0.796. The van der Waals surface area contributed by atoms with Crippen LogP contribution in [0.3, 0.4) is 0 Å². The maximum atomic E-state index is 4.71. The van der Waals surface area contributed by atoms with E-state index in [0.29, 0.717) is 11.5 Å². The highest BCUT2D eigenvalue weighted by Gasteiger charge is 2.46. The number of anilines is 2. The SMILES string of the molecule is CCCNc1nc(CCC)nc(NC2CC2(C)C)c1C. The van der Waals surface area contributed by atoms with E-state index in [1.165, 1.54) is 6.42 Å². The standard InChI is InChI=1S/C16H28N4/c1-6-8-13-19-14(17-9-7-2)11(3)15(20-13)18-12-10-16(12,4)5/h12H,6-10H2,1-5H3,(H2,17,18,19,20). The molecular weight excluding hydrogens is 248 g/mol. The highest BCUT2D eigenvalue weighted by molar-refractivity contribution is 5.58. The van der Waals surface area contributed by atoms with Crippen molar-refractivity contribution in [3.8, 4) is 0 Å². The fraction of sp³-hybridized carbons (Fsp3) is 0.750. The van der Waals surface area contributed by atoms with E-state index in [0.717, 1.165) is 48.8 Å². The molecule has 0 amide bonds. The predicted octanol–water partition coefficient (Wildman–Crippen LogP) is 3.77. The molecule has 4 heteroatoms. The van der Waals surface area contributed by atoms with E-state index in [9.17, 15) is 0 Å². The predicted molar refractivity (Wildman–Crippen MR) is 85.4 cm³/mol. The summed E-state index contributed by atoms with van der Waals surface area (Å²) in [6.07, 6.45) is 4.33. The number of hydrogen-bond acceptors (Lipinski definition) is 4. The summed E-state index contributed by atoms with van der Waals surface area (Å²) in [7, 11) is 0. The third kappa shape index (κ3) is 3.41. The molecule has 1 aromatic rings. The fourth-order valence-electron chi connectivity index (χ4n) is 2.33. The summed E-state index contributed by atoms with van der Waals surface area (Å²) in [4.78, 5) is 9.38. The Morgan fingerprint density at radius 1 is 1.15 bits per heavy atom. The Bertz CT molecular complexity index is 468. The Morgan fingerprint density at radius 3 is 2.35 bits per heavy atom. The molecule has 2 N–H and O–H groups in total.